The van der Waals surface area contributed by atoms with E-state index in [1.54, 1.807) is 0 Å². The van der Waals surface area contributed by atoms with Gasteiger partial charge in [0.15, 0.2) is 0 Å². The molecule has 0 aliphatic heterocycles. The molecule has 128 valence electrons. The Morgan fingerprint density at radius 2 is 1.72 bits per heavy atom. The van der Waals surface area contributed by atoms with E-state index >= 15 is 0 Å². The Hall–Kier alpha value is -2.40. The number of nitrogens with zero attached hydrogens (tertiary/aromatic N) is 3. The van der Waals surface area contributed by atoms with Gasteiger partial charge >= 0.3 is 0 Å². The first-order chi connectivity index (χ1) is 12.1. The molecule has 1 heterocycles. The fourth-order valence-corrected chi connectivity index (χ4v) is 3.71. The molecule has 0 saturated heterocycles. The molecule has 1 amide bonds. The Bertz CT molecular complexity index is 881. The maximum Gasteiger partial charge on any atom is 0.237 e. The average molecular weight is 351 g/mol. The van der Waals surface area contributed by atoms with Crippen LogP contribution < -0.4 is 4.90 Å². The maximum atomic E-state index is 12.8. The van der Waals surface area contributed by atoms with Gasteiger partial charge in [0.25, 0.3) is 0 Å². The van der Waals surface area contributed by atoms with Crippen LogP contribution in [0.4, 0.5) is 5.69 Å². The number of fused-ring (bicyclic) bond motifs is 1. The normalized spacial score (nSPS) is 11.0. The molecule has 3 aromatic rings. The molecular weight excluding hydrogens is 330 g/mol. The van der Waals surface area contributed by atoms with Crippen molar-refractivity contribution in [3.05, 3.63) is 60.4 Å². The molecular formula is C20H21N3OS. The van der Waals surface area contributed by atoms with Gasteiger partial charge in [0.05, 0.1) is 11.3 Å². The van der Waals surface area contributed by atoms with Crippen molar-refractivity contribution in [3.63, 3.8) is 0 Å². The Morgan fingerprint density at radius 3 is 2.44 bits per heavy atom. The zero-order valence-electron chi connectivity index (χ0n) is 14.6. The van der Waals surface area contributed by atoms with Gasteiger partial charge in [-0.1, -0.05) is 48.2 Å². The number of aromatic nitrogens is 2. The van der Waals surface area contributed by atoms with Gasteiger partial charge in [0, 0.05) is 17.1 Å². The minimum Gasteiger partial charge on any atom is -0.309 e. The lowest BCUT2D eigenvalue weighted by molar-refractivity contribution is -0.116. The molecule has 0 radical (unpaired) electrons. The van der Waals surface area contributed by atoms with Crippen molar-refractivity contribution in [2.75, 3.05) is 10.7 Å². The van der Waals surface area contributed by atoms with Crippen LogP contribution in [0.2, 0.25) is 0 Å². The number of carbonyl (C=O) groups is 1. The van der Waals surface area contributed by atoms with Crippen molar-refractivity contribution in [2.45, 2.75) is 31.8 Å². The fourth-order valence-electron chi connectivity index (χ4n) is 2.79. The van der Waals surface area contributed by atoms with Crippen LogP contribution in [0.1, 0.15) is 19.7 Å². The largest absolute Gasteiger partial charge is 0.309 e. The van der Waals surface area contributed by atoms with Crippen molar-refractivity contribution in [1.29, 1.82) is 0 Å². The average Bonchev–Trinajstić information content (AvgIpc) is 2.60. The summed E-state index contributed by atoms with van der Waals surface area (Å²) >= 11 is 1.47. The van der Waals surface area contributed by atoms with Gasteiger partial charge in [-0.15, -0.1) is 0 Å². The number of hydrogen-bond donors (Lipinski definition) is 0. The summed E-state index contributed by atoms with van der Waals surface area (Å²) in [5, 5.41) is 1.84. The van der Waals surface area contributed by atoms with E-state index in [1.165, 1.54) is 11.8 Å². The van der Waals surface area contributed by atoms with Crippen molar-refractivity contribution < 1.29 is 4.79 Å². The number of amides is 1. The van der Waals surface area contributed by atoms with Crippen LogP contribution in [0, 0.1) is 6.92 Å². The summed E-state index contributed by atoms with van der Waals surface area (Å²) in [7, 11) is 0. The van der Waals surface area contributed by atoms with E-state index in [2.05, 4.69) is 9.97 Å². The van der Waals surface area contributed by atoms with E-state index in [0.29, 0.717) is 5.75 Å². The number of hydrogen-bond acceptors (Lipinski definition) is 4. The Morgan fingerprint density at radius 1 is 1.04 bits per heavy atom. The van der Waals surface area contributed by atoms with E-state index in [9.17, 15) is 4.79 Å². The molecule has 4 nitrogen and oxygen atoms in total. The van der Waals surface area contributed by atoms with Crippen LogP contribution in [-0.4, -0.2) is 27.7 Å². The number of anilines is 1. The third-order valence-corrected chi connectivity index (χ3v) is 4.81. The van der Waals surface area contributed by atoms with Crippen molar-refractivity contribution >= 4 is 34.3 Å². The van der Waals surface area contributed by atoms with Crippen molar-refractivity contribution in [1.82, 2.24) is 9.97 Å². The molecule has 5 heteroatoms. The lowest BCUT2D eigenvalue weighted by Gasteiger charge is -2.26. The summed E-state index contributed by atoms with van der Waals surface area (Å²) in [6, 6.07) is 17.8. The van der Waals surface area contributed by atoms with Gasteiger partial charge in [-0.25, -0.2) is 9.97 Å². The lowest BCUT2D eigenvalue weighted by atomic mass is 10.2. The Balaban J connectivity index is 1.82. The molecule has 0 N–H and O–H groups in total. The summed E-state index contributed by atoms with van der Waals surface area (Å²) in [6.45, 7) is 5.93. The van der Waals surface area contributed by atoms with E-state index in [1.807, 2.05) is 80.3 Å². The van der Waals surface area contributed by atoms with Gasteiger partial charge < -0.3 is 4.90 Å². The molecule has 2 aromatic carbocycles. The van der Waals surface area contributed by atoms with E-state index in [-0.39, 0.29) is 11.9 Å². The quantitative estimate of drug-likeness (QED) is 0.502. The lowest BCUT2D eigenvalue weighted by Crippen LogP contribution is -2.38. The number of carbonyl (C=O) groups excluding carboxylic acids is 1. The predicted molar refractivity (Wildman–Crippen MR) is 104 cm³/mol. The number of benzene rings is 2. The molecule has 0 spiro atoms. The maximum absolute atomic E-state index is 12.8. The monoisotopic (exact) mass is 351 g/mol. The number of aryl methyl sites for hydroxylation is 1. The Kier molecular flexibility index (Phi) is 5.34. The smallest absolute Gasteiger partial charge is 0.237 e. The molecule has 0 bridgehead atoms. The topological polar surface area (TPSA) is 46.1 Å². The van der Waals surface area contributed by atoms with Gasteiger partial charge in [-0.2, -0.15) is 0 Å². The van der Waals surface area contributed by atoms with Gasteiger partial charge in [0.1, 0.15) is 10.9 Å². The minimum atomic E-state index is 0.0755. The molecule has 0 fully saturated rings. The van der Waals surface area contributed by atoms with Crippen LogP contribution >= 0.6 is 11.8 Å². The van der Waals surface area contributed by atoms with Crippen LogP contribution in [0.5, 0.6) is 0 Å². The predicted octanol–water partition coefficient (Wildman–Crippen LogP) is 4.47. The zero-order chi connectivity index (χ0) is 17.8. The second-order valence-electron chi connectivity index (χ2n) is 6.07. The molecule has 0 unspecified atom stereocenters. The SMILES string of the molecule is Cc1nc(SCC(=O)N(c2ccccc2)C(C)C)c2ccccc2n1. The summed E-state index contributed by atoms with van der Waals surface area (Å²) in [5.74, 6) is 1.14. The van der Waals surface area contributed by atoms with Crippen molar-refractivity contribution in [2.24, 2.45) is 0 Å². The minimum absolute atomic E-state index is 0.0755. The highest BCUT2D eigenvalue weighted by Crippen LogP contribution is 2.26. The zero-order valence-corrected chi connectivity index (χ0v) is 15.5. The fraction of sp³-hybridized carbons (Fsp3) is 0.250. The van der Waals surface area contributed by atoms with Crippen LogP contribution in [0.25, 0.3) is 10.9 Å². The number of thioether (sulfide) groups is 1. The van der Waals surface area contributed by atoms with E-state index < -0.39 is 0 Å². The molecule has 0 aliphatic carbocycles. The second kappa shape index (κ2) is 7.66. The summed E-state index contributed by atoms with van der Waals surface area (Å²) in [4.78, 5) is 23.7. The molecule has 1 aromatic heterocycles. The molecule has 0 aliphatic rings. The summed E-state index contributed by atoms with van der Waals surface area (Å²) in [5.41, 5.74) is 1.83. The first-order valence-corrected chi connectivity index (χ1v) is 9.28. The standard InChI is InChI=1S/C20H21N3OS/c1-14(2)23(16-9-5-4-6-10-16)19(24)13-25-20-17-11-7-8-12-18(17)21-15(3)22-20/h4-12,14H,13H2,1-3H3. The third-order valence-electron chi connectivity index (χ3n) is 3.83. The van der Waals surface area contributed by atoms with Gasteiger partial charge in [-0.3, -0.25) is 4.79 Å². The molecule has 25 heavy (non-hydrogen) atoms. The highest BCUT2D eigenvalue weighted by molar-refractivity contribution is 8.00. The van der Waals surface area contributed by atoms with E-state index in [4.69, 9.17) is 0 Å². The van der Waals surface area contributed by atoms with Crippen LogP contribution in [-0.2, 0) is 4.79 Å². The molecule has 3 rings (SSSR count). The number of rotatable bonds is 5. The van der Waals surface area contributed by atoms with Crippen molar-refractivity contribution in [3.8, 4) is 0 Å². The summed E-state index contributed by atoms with van der Waals surface area (Å²) < 4.78 is 0. The first-order valence-electron chi connectivity index (χ1n) is 8.29. The van der Waals surface area contributed by atoms with Crippen LogP contribution in [0.15, 0.2) is 59.6 Å². The highest BCUT2D eigenvalue weighted by atomic mass is 32.2. The van der Waals surface area contributed by atoms with Gasteiger partial charge in [0.2, 0.25) is 5.91 Å². The highest BCUT2D eigenvalue weighted by Gasteiger charge is 2.19. The number of para-hydroxylation sites is 2. The van der Waals surface area contributed by atoms with Crippen LogP contribution in [0.3, 0.4) is 0 Å². The van der Waals surface area contributed by atoms with Gasteiger partial charge in [-0.05, 0) is 39.0 Å². The van der Waals surface area contributed by atoms with E-state index in [0.717, 1.165) is 27.4 Å². The second-order valence-corrected chi connectivity index (χ2v) is 7.04. The third kappa shape index (κ3) is 3.99. The summed E-state index contributed by atoms with van der Waals surface area (Å²) in [6.07, 6.45) is 0. The first kappa shape index (κ1) is 17.4. The Labute approximate surface area is 152 Å². The molecule has 0 atom stereocenters. The molecule has 0 saturated carbocycles.